The molecule has 0 N–H and O–H groups in total. The van der Waals surface area contributed by atoms with Gasteiger partial charge in [-0.1, -0.05) is 12.1 Å². The Morgan fingerprint density at radius 3 is 1.97 bits per heavy atom. The average Bonchev–Trinajstić information content (AvgIpc) is 3.07. The van der Waals surface area contributed by atoms with Gasteiger partial charge in [0.05, 0.1) is 16.3 Å². The number of hydrogen-bond donors (Lipinski definition) is 0. The monoisotopic (exact) mass is 542 g/mol. The molecule has 0 amide bonds. The second-order valence-electron chi connectivity index (χ2n) is 6.17. The van der Waals surface area contributed by atoms with E-state index >= 15 is 0 Å². The quantitative estimate of drug-likeness (QED) is 0.337. The lowest BCUT2D eigenvalue weighted by molar-refractivity contribution is -0.291. The van der Waals surface area contributed by atoms with E-state index in [-0.39, 0.29) is 16.3 Å². The van der Waals surface area contributed by atoms with Crippen LogP contribution in [-0.2, 0) is 15.8 Å². The maximum atomic E-state index is 13.9. The number of alkyl halides is 5. The highest BCUT2D eigenvalue weighted by Gasteiger charge is 2.60. The third kappa shape index (κ3) is 4.29. The van der Waals surface area contributed by atoms with E-state index in [4.69, 9.17) is 0 Å². The second kappa shape index (κ2) is 7.35. The van der Waals surface area contributed by atoms with Crippen molar-refractivity contribution in [2.45, 2.75) is 17.0 Å². The Hall–Kier alpha value is -2.02. The van der Waals surface area contributed by atoms with Crippen LogP contribution in [0.15, 0.2) is 59.5 Å². The van der Waals surface area contributed by atoms with Crippen LogP contribution in [0.3, 0.4) is 0 Å². The highest BCUT2D eigenvalue weighted by molar-refractivity contribution is 14.1. The fraction of sp³-hybridized carbons (Fsp3) is 0.167. The molecule has 0 aliphatic carbocycles. The molecular weight excluding hydrogens is 530 g/mol. The summed E-state index contributed by atoms with van der Waals surface area (Å²) in [5.74, 6) is -5.15. The number of benzene rings is 2. The van der Waals surface area contributed by atoms with Crippen molar-refractivity contribution in [2.75, 3.05) is 6.26 Å². The Bertz CT molecular complexity index is 1140. The van der Waals surface area contributed by atoms with Gasteiger partial charge in [0.1, 0.15) is 5.69 Å². The Balaban J connectivity index is 2.20. The van der Waals surface area contributed by atoms with E-state index in [9.17, 15) is 30.4 Å². The standard InChI is InChI=1S/C18H12F5IN2O2S/c1-29(27,28)14-8-6-13(7-9-14)26-15(11-2-4-12(24)5-3-11)10-16(25-26)17(19,20)18(21,22)23/h2-10H,1H3. The molecule has 154 valence electrons. The van der Waals surface area contributed by atoms with Gasteiger partial charge in [-0.2, -0.15) is 27.1 Å². The predicted molar refractivity (Wildman–Crippen MR) is 105 cm³/mol. The van der Waals surface area contributed by atoms with Crippen molar-refractivity contribution in [2.24, 2.45) is 0 Å². The van der Waals surface area contributed by atoms with Gasteiger partial charge < -0.3 is 0 Å². The minimum absolute atomic E-state index is 0.00688. The minimum atomic E-state index is -5.81. The molecule has 0 fully saturated rings. The number of sulfone groups is 1. The summed E-state index contributed by atoms with van der Waals surface area (Å²) in [6.45, 7) is 0. The van der Waals surface area contributed by atoms with Gasteiger partial charge in [0.2, 0.25) is 0 Å². The fourth-order valence-corrected chi connectivity index (χ4v) is 3.53. The third-order valence-electron chi connectivity index (χ3n) is 4.04. The van der Waals surface area contributed by atoms with Crippen LogP contribution in [0, 0.1) is 3.57 Å². The highest BCUT2D eigenvalue weighted by atomic mass is 127. The molecule has 11 heteroatoms. The first-order chi connectivity index (χ1) is 13.3. The summed E-state index contributed by atoms with van der Waals surface area (Å²) < 4.78 is 91.3. The van der Waals surface area contributed by atoms with Crippen molar-refractivity contribution in [3.05, 3.63) is 63.9 Å². The zero-order valence-electron chi connectivity index (χ0n) is 14.6. The molecule has 0 atom stereocenters. The van der Waals surface area contributed by atoms with Crippen LogP contribution in [0.4, 0.5) is 22.0 Å². The van der Waals surface area contributed by atoms with Crippen molar-refractivity contribution in [3.8, 4) is 16.9 Å². The number of hydrogen-bond acceptors (Lipinski definition) is 3. The van der Waals surface area contributed by atoms with Gasteiger partial charge in [-0.15, -0.1) is 0 Å². The van der Waals surface area contributed by atoms with Crippen LogP contribution in [0.1, 0.15) is 5.69 Å². The molecule has 3 rings (SSSR count). The smallest absolute Gasteiger partial charge is 0.233 e. The van der Waals surface area contributed by atoms with E-state index in [0.717, 1.165) is 14.5 Å². The maximum Gasteiger partial charge on any atom is 0.459 e. The number of aromatic nitrogens is 2. The van der Waals surface area contributed by atoms with E-state index in [1.807, 2.05) is 22.6 Å². The van der Waals surface area contributed by atoms with Crippen LogP contribution in [-0.4, -0.2) is 30.6 Å². The van der Waals surface area contributed by atoms with Crippen molar-refractivity contribution in [1.82, 2.24) is 9.78 Å². The normalized spacial score (nSPS) is 12.9. The second-order valence-corrected chi connectivity index (χ2v) is 9.43. The van der Waals surface area contributed by atoms with Crippen LogP contribution in [0.2, 0.25) is 0 Å². The number of nitrogens with zero attached hydrogens (tertiary/aromatic N) is 2. The summed E-state index contributed by atoms with van der Waals surface area (Å²) in [7, 11) is -3.51. The van der Waals surface area contributed by atoms with Gasteiger partial charge in [-0.05, 0) is 65.1 Å². The summed E-state index contributed by atoms with van der Waals surface area (Å²) >= 11 is 2.03. The van der Waals surface area contributed by atoms with Crippen molar-refractivity contribution in [1.29, 1.82) is 0 Å². The maximum absolute atomic E-state index is 13.9. The molecule has 0 aliphatic rings. The Morgan fingerprint density at radius 2 is 1.48 bits per heavy atom. The number of halogens is 6. The lowest BCUT2D eigenvalue weighted by Gasteiger charge is -2.16. The fourth-order valence-electron chi connectivity index (χ4n) is 2.54. The summed E-state index contributed by atoms with van der Waals surface area (Å²) in [5, 5.41) is 3.50. The molecule has 0 aliphatic heterocycles. The molecular formula is C18H12F5IN2O2S. The molecule has 1 heterocycles. The Labute approximate surface area is 176 Å². The molecule has 2 aromatic carbocycles. The summed E-state index contributed by atoms with van der Waals surface area (Å²) in [6.07, 6.45) is -4.81. The third-order valence-corrected chi connectivity index (χ3v) is 5.88. The zero-order chi connectivity index (χ0) is 21.6. The van der Waals surface area contributed by atoms with Crippen LogP contribution in [0.25, 0.3) is 16.9 Å². The molecule has 0 saturated heterocycles. The Morgan fingerprint density at radius 1 is 0.931 bits per heavy atom. The number of rotatable bonds is 4. The molecule has 1 aromatic heterocycles. The zero-order valence-corrected chi connectivity index (χ0v) is 17.6. The SMILES string of the molecule is CS(=O)(=O)c1ccc(-n2nc(C(F)(F)C(F)(F)F)cc2-c2ccc(I)cc2)cc1. The van der Waals surface area contributed by atoms with Gasteiger partial charge in [-0.25, -0.2) is 13.1 Å². The van der Waals surface area contributed by atoms with Gasteiger partial charge in [0, 0.05) is 15.4 Å². The van der Waals surface area contributed by atoms with Crippen LogP contribution in [0.5, 0.6) is 0 Å². The molecule has 3 aromatic rings. The van der Waals surface area contributed by atoms with Crippen molar-refractivity contribution < 1.29 is 30.4 Å². The molecule has 0 unspecified atom stereocenters. The average molecular weight is 542 g/mol. The first-order valence-electron chi connectivity index (χ1n) is 7.92. The van der Waals surface area contributed by atoms with E-state index < -0.39 is 27.6 Å². The topological polar surface area (TPSA) is 52.0 Å². The summed E-state index contributed by atoms with van der Waals surface area (Å²) in [5.41, 5.74) is -0.942. The molecule has 4 nitrogen and oxygen atoms in total. The van der Waals surface area contributed by atoms with E-state index in [0.29, 0.717) is 11.6 Å². The van der Waals surface area contributed by atoms with Crippen LogP contribution >= 0.6 is 22.6 Å². The summed E-state index contributed by atoms with van der Waals surface area (Å²) in [6, 6.07) is 12.2. The molecule has 0 radical (unpaired) electrons. The predicted octanol–water partition coefficient (Wildman–Crippen LogP) is 5.20. The van der Waals surface area contributed by atoms with Crippen molar-refractivity contribution >= 4 is 32.4 Å². The van der Waals surface area contributed by atoms with Crippen LogP contribution < -0.4 is 0 Å². The lowest BCUT2D eigenvalue weighted by Crippen LogP contribution is -2.34. The van der Waals surface area contributed by atoms with Gasteiger partial charge >= 0.3 is 12.1 Å². The van der Waals surface area contributed by atoms with Gasteiger partial charge in [0.15, 0.2) is 9.84 Å². The van der Waals surface area contributed by atoms with E-state index in [1.54, 1.807) is 24.3 Å². The van der Waals surface area contributed by atoms with E-state index in [1.165, 1.54) is 24.3 Å². The van der Waals surface area contributed by atoms with Crippen molar-refractivity contribution in [3.63, 3.8) is 0 Å². The molecule has 29 heavy (non-hydrogen) atoms. The minimum Gasteiger partial charge on any atom is -0.233 e. The highest BCUT2D eigenvalue weighted by Crippen LogP contribution is 2.44. The Kier molecular flexibility index (Phi) is 5.49. The van der Waals surface area contributed by atoms with Gasteiger partial charge in [0.25, 0.3) is 0 Å². The van der Waals surface area contributed by atoms with E-state index in [2.05, 4.69) is 5.10 Å². The first-order valence-corrected chi connectivity index (χ1v) is 10.9. The molecule has 0 bridgehead atoms. The van der Waals surface area contributed by atoms with Gasteiger partial charge in [-0.3, -0.25) is 0 Å². The molecule has 0 spiro atoms. The first kappa shape index (κ1) is 21.7. The lowest BCUT2D eigenvalue weighted by atomic mass is 10.1. The molecule has 0 saturated carbocycles. The summed E-state index contributed by atoms with van der Waals surface area (Å²) in [4.78, 5) is -0.0231. The largest absolute Gasteiger partial charge is 0.459 e.